The van der Waals surface area contributed by atoms with Gasteiger partial charge in [0.25, 0.3) is 5.89 Å². The normalized spacial score (nSPS) is 11.5. The van der Waals surface area contributed by atoms with Gasteiger partial charge in [0.15, 0.2) is 5.82 Å². The third-order valence-corrected chi connectivity index (χ3v) is 3.04. The quantitative estimate of drug-likeness (QED) is 0.452. The van der Waals surface area contributed by atoms with Gasteiger partial charge in [-0.05, 0) is 17.7 Å². The van der Waals surface area contributed by atoms with Crippen LogP contribution in [0.1, 0.15) is 11.4 Å². The minimum absolute atomic E-state index is 0.302. The summed E-state index contributed by atoms with van der Waals surface area (Å²) in [5.41, 5.74) is 2.18. The maximum Gasteiger partial charge on any atom is 0.257 e. The van der Waals surface area contributed by atoms with Crippen LogP contribution < -0.4 is 0 Å². The summed E-state index contributed by atoms with van der Waals surface area (Å²) in [7, 11) is 0. The fourth-order valence-electron chi connectivity index (χ4n) is 2.00. The van der Waals surface area contributed by atoms with Crippen molar-refractivity contribution in [3.05, 3.63) is 72.1 Å². The Balaban J connectivity index is 1.81. The van der Waals surface area contributed by atoms with Crippen LogP contribution in [0.4, 0.5) is 0 Å². The van der Waals surface area contributed by atoms with Gasteiger partial charge in [0.05, 0.1) is 12.1 Å². The fraction of sp³-hybridized carbons (Fsp3) is 0.0625. The van der Waals surface area contributed by atoms with E-state index >= 15 is 0 Å². The summed E-state index contributed by atoms with van der Waals surface area (Å²) in [6.07, 6.45) is 0.302. The van der Waals surface area contributed by atoms with Gasteiger partial charge in [-0.15, -0.1) is 0 Å². The van der Waals surface area contributed by atoms with Crippen LogP contribution in [0, 0.1) is 0 Å². The van der Waals surface area contributed by atoms with Gasteiger partial charge in [0.1, 0.15) is 0 Å². The Morgan fingerprint density at radius 2 is 1.67 bits per heavy atom. The zero-order valence-electron chi connectivity index (χ0n) is 11.2. The van der Waals surface area contributed by atoms with Crippen LogP contribution >= 0.6 is 0 Å². The molecule has 5 nitrogen and oxygen atoms in total. The molecule has 0 saturated carbocycles. The van der Waals surface area contributed by atoms with Gasteiger partial charge in [-0.3, -0.25) is 0 Å². The van der Waals surface area contributed by atoms with E-state index in [1.54, 1.807) is 0 Å². The molecule has 0 aliphatic rings. The van der Waals surface area contributed by atoms with Crippen LogP contribution in [0.15, 0.2) is 70.3 Å². The van der Waals surface area contributed by atoms with Gasteiger partial charge < -0.3 is 9.73 Å². The fourth-order valence-corrected chi connectivity index (χ4v) is 2.00. The SMILES string of the molecule is O/N=C(\Cc1noc(-c2ccccc2)n1)c1ccccc1. The van der Waals surface area contributed by atoms with Crippen LogP contribution in [0.2, 0.25) is 0 Å². The van der Waals surface area contributed by atoms with E-state index in [2.05, 4.69) is 15.3 Å². The molecule has 104 valence electrons. The van der Waals surface area contributed by atoms with E-state index in [1.807, 2.05) is 60.7 Å². The largest absolute Gasteiger partial charge is 0.411 e. The molecule has 0 saturated heterocycles. The zero-order chi connectivity index (χ0) is 14.5. The molecule has 3 aromatic rings. The first-order chi connectivity index (χ1) is 10.4. The average Bonchev–Trinajstić information content (AvgIpc) is 3.03. The minimum Gasteiger partial charge on any atom is -0.411 e. The van der Waals surface area contributed by atoms with Crippen LogP contribution in [0.25, 0.3) is 11.5 Å². The molecule has 5 heteroatoms. The van der Waals surface area contributed by atoms with E-state index in [1.165, 1.54) is 0 Å². The lowest BCUT2D eigenvalue weighted by molar-refractivity contribution is 0.318. The van der Waals surface area contributed by atoms with Gasteiger partial charge in [0, 0.05) is 5.56 Å². The summed E-state index contributed by atoms with van der Waals surface area (Å²) in [4.78, 5) is 4.32. The Hall–Kier alpha value is -2.95. The second kappa shape index (κ2) is 6.00. The molecule has 0 spiro atoms. The zero-order valence-corrected chi connectivity index (χ0v) is 11.2. The molecule has 1 N–H and O–H groups in total. The lowest BCUT2D eigenvalue weighted by Crippen LogP contribution is -2.06. The van der Waals surface area contributed by atoms with Crippen molar-refractivity contribution in [1.82, 2.24) is 10.1 Å². The Bertz CT molecular complexity index is 736. The third-order valence-electron chi connectivity index (χ3n) is 3.04. The summed E-state index contributed by atoms with van der Waals surface area (Å²) < 4.78 is 5.23. The van der Waals surface area contributed by atoms with Gasteiger partial charge in [-0.25, -0.2) is 0 Å². The molecule has 3 rings (SSSR count). The molecular formula is C16H13N3O2. The number of hydrogen-bond acceptors (Lipinski definition) is 5. The van der Waals surface area contributed by atoms with E-state index in [9.17, 15) is 0 Å². The lowest BCUT2D eigenvalue weighted by atomic mass is 10.1. The Labute approximate surface area is 121 Å². The average molecular weight is 279 g/mol. The molecule has 0 unspecified atom stereocenters. The number of nitrogens with zero attached hydrogens (tertiary/aromatic N) is 3. The van der Waals surface area contributed by atoms with Crippen molar-refractivity contribution in [2.75, 3.05) is 0 Å². The predicted molar refractivity (Wildman–Crippen MR) is 78.2 cm³/mol. The number of rotatable bonds is 4. The monoisotopic (exact) mass is 279 g/mol. The topological polar surface area (TPSA) is 71.5 Å². The molecule has 0 aliphatic carbocycles. The van der Waals surface area contributed by atoms with Crippen LogP contribution in [-0.4, -0.2) is 21.1 Å². The standard InChI is InChI=1S/C16H13N3O2/c20-18-14(12-7-3-1-4-8-12)11-15-17-16(21-19-15)13-9-5-2-6-10-13/h1-10,20H,11H2/b18-14+. The highest BCUT2D eigenvalue weighted by Crippen LogP contribution is 2.17. The summed E-state index contributed by atoms with van der Waals surface area (Å²) in [6, 6.07) is 18.9. The molecule has 0 amide bonds. The van der Waals surface area contributed by atoms with Crippen molar-refractivity contribution in [3.63, 3.8) is 0 Å². The van der Waals surface area contributed by atoms with Crippen LogP contribution in [0.3, 0.4) is 0 Å². The van der Waals surface area contributed by atoms with E-state index in [0.717, 1.165) is 11.1 Å². The van der Waals surface area contributed by atoms with Crippen molar-refractivity contribution >= 4 is 5.71 Å². The number of hydrogen-bond donors (Lipinski definition) is 1. The first-order valence-electron chi connectivity index (χ1n) is 6.51. The third kappa shape index (κ3) is 2.97. The molecule has 0 radical (unpaired) electrons. The van der Waals surface area contributed by atoms with Crippen LogP contribution in [-0.2, 0) is 6.42 Å². The number of oxime groups is 1. The summed E-state index contributed by atoms with van der Waals surface area (Å²) in [5, 5.41) is 16.4. The first kappa shape index (κ1) is 13.1. The first-order valence-corrected chi connectivity index (χ1v) is 6.51. The summed E-state index contributed by atoms with van der Waals surface area (Å²) in [5.74, 6) is 0.932. The van der Waals surface area contributed by atoms with Crippen LogP contribution in [0.5, 0.6) is 0 Å². The van der Waals surface area contributed by atoms with E-state index in [4.69, 9.17) is 9.73 Å². The summed E-state index contributed by atoms with van der Waals surface area (Å²) >= 11 is 0. The van der Waals surface area contributed by atoms with Crippen molar-refractivity contribution in [2.45, 2.75) is 6.42 Å². The molecule has 1 aromatic heterocycles. The van der Waals surface area contributed by atoms with Gasteiger partial charge in [-0.2, -0.15) is 4.98 Å². The maximum atomic E-state index is 9.17. The highest BCUT2D eigenvalue weighted by atomic mass is 16.5. The summed E-state index contributed by atoms with van der Waals surface area (Å²) in [6.45, 7) is 0. The van der Waals surface area contributed by atoms with Gasteiger partial charge in [-0.1, -0.05) is 58.8 Å². The smallest absolute Gasteiger partial charge is 0.257 e. The molecular weight excluding hydrogens is 266 g/mol. The van der Waals surface area contributed by atoms with Crippen molar-refractivity contribution in [2.24, 2.45) is 5.16 Å². The van der Waals surface area contributed by atoms with E-state index < -0.39 is 0 Å². The molecule has 0 bridgehead atoms. The van der Waals surface area contributed by atoms with Crippen molar-refractivity contribution < 1.29 is 9.73 Å². The molecule has 0 fully saturated rings. The second-order valence-corrected chi connectivity index (χ2v) is 4.47. The minimum atomic E-state index is 0.302. The molecule has 1 heterocycles. The maximum absolute atomic E-state index is 9.17. The highest BCUT2D eigenvalue weighted by Gasteiger charge is 2.12. The van der Waals surface area contributed by atoms with E-state index in [-0.39, 0.29) is 0 Å². The molecule has 0 atom stereocenters. The van der Waals surface area contributed by atoms with Gasteiger partial charge in [0.2, 0.25) is 0 Å². The molecule has 2 aromatic carbocycles. The Morgan fingerprint density at radius 1 is 1.00 bits per heavy atom. The van der Waals surface area contributed by atoms with Crippen molar-refractivity contribution in [1.29, 1.82) is 0 Å². The van der Waals surface area contributed by atoms with Crippen molar-refractivity contribution in [3.8, 4) is 11.5 Å². The Kier molecular flexibility index (Phi) is 3.73. The Morgan fingerprint density at radius 3 is 2.33 bits per heavy atom. The second-order valence-electron chi connectivity index (χ2n) is 4.47. The predicted octanol–water partition coefficient (Wildman–Crippen LogP) is 3.16. The van der Waals surface area contributed by atoms with Gasteiger partial charge >= 0.3 is 0 Å². The lowest BCUT2D eigenvalue weighted by Gasteiger charge is -2.00. The highest BCUT2D eigenvalue weighted by molar-refractivity contribution is 6.01. The number of aromatic nitrogens is 2. The molecule has 21 heavy (non-hydrogen) atoms. The number of benzene rings is 2. The molecule has 0 aliphatic heterocycles. The van der Waals surface area contributed by atoms with E-state index in [0.29, 0.717) is 23.8 Å².